The molecular weight excluding hydrogens is 386 g/mol. The topological polar surface area (TPSA) is 206 Å². The summed E-state index contributed by atoms with van der Waals surface area (Å²) in [5, 5.41) is 35.4. The Kier molecular flexibility index (Phi) is 7.70. The summed E-state index contributed by atoms with van der Waals surface area (Å²) in [5.41, 5.74) is 5.90. The molecule has 152 valence electrons. The van der Waals surface area contributed by atoms with Crippen LogP contribution in [-0.2, 0) is 0 Å². The Morgan fingerprint density at radius 1 is 1.03 bits per heavy atom. The molecule has 15 heteroatoms. The van der Waals surface area contributed by atoms with Crippen LogP contribution in [0.4, 0.5) is 9.59 Å². The summed E-state index contributed by atoms with van der Waals surface area (Å²) < 4.78 is 0. The van der Waals surface area contributed by atoms with Gasteiger partial charge >= 0.3 is 12.1 Å². The third kappa shape index (κ3) is 6.68. The van der Waals surface area contributed by atoms with E-state index in [-0.39, 0.29) is 13.1 Å². The van der Waals surface area contributed by atoms with Gasteiger partial charge in [0.1, 0.15) is 11.4 Å². The predicted octanol–water partition coefficient (Wildman–Crippen LogP) is -1.04. The maximum absolute atomic E-state index is 11.4. The number of rotatable bonds is 4. The Morgan fingerprint density at radius 2 is 1.69 bits per heavy atom. The Bertz CT molecular complexity index is 866. The van der Waals surface area contributed by atoms with Crippen molar-refractivity contribution >= 4 is 42.1 Å². The van der Waals surface area contributed by atoms with Crippen molar-refractivity contribution in [3.63, 3.8) is 0 Å². The highest BCUT2D eigenvalue weighted by molar-refractivity contribution is 6.32. The van der Waals surface area contributed by atoms with Crippen LogP contribution in [-0.4, -0.2) is 80.6 Å². The first-order chi connectivity index (χ1) is 14.0. The van der Waals surface area contributed by atoms with E-state index in [1.807, 2.05) is 6.07 Å². The second kappa shape index (κ2) is 10.7. The van der Waals surface area contributed by atoms with Crippen LogP contribution in [0.3, 0.4) is 0 Å². The van der Waals surface area contributed by atoms with Crippen molar-refractivity contribution in [1.29, 1.82) is 0 Å². The zero-order valence-corrected chi connectivity index (χ0v) is 14.8. The molecular formula is C14H17N11O4. The quantitative estimate of drug-likeness (QED) is 0.139. The average Bonchev–Trinajstić information content (AvgIpc) is 2.73. The Hall–Kier alpha value is -4.40. The lowest BCUT2D eigenvalue weighted by molar-refractivity contribution is 0.203. The molecule has 0 unspecified atom stereocenters. The first-order valence-corrected chi connectivity index (χ1v) is 7.85. The number of aromatic nitrogens is 1. The molecule has 0 atom stereocenters. The number of nitrogens with one attached hydrogen (secondary N) is 2. The maximum Gasteiger partial charge on any atom is 0.358 e. The van der Waals surface area contributed by atoms with Gasteiger partial charge in [0.15, 0.2) is 0 Å². The van der Waals surface area contributed by atoms with Crippen molar-refractivity contribution in [2.24, 2.45) is 31.5 Å². The molecule has 4 amide bonds. The van der Waals surface area contributed by atoms with Crippen LogP contribution in [0, 0.1) is 0 Å². The zero-order valence-electron chi connectivity index (χ0n) is 14.8. The largest absolute Gasteiger partial charge is 0.411 e. The number of pyridine rings is 1. The molecule has 29 heavy (non-hydrogen) atoms. The van der Waals surface area contributed by atoms with Gasteiger partial charge < -0.3 is 10.4 Å². The summed E-state index contributed by atoms with van der Waals surface area (Å²) in [5.74, 6) is 5.20. The number of amides is 4. The summed E-state index contributed by atoms with van der Waals surface area (Å²) in [6, 6.07) is 2.64. The van der Waals surface area contributed by atoms with Crippen LogP contribution in [0.2, 0.25) is 0 Å². The van der Waals surface area contributed by atoms with Crippen molar-refractivity contribution in [1.82, 2.24) is 25.9 Å². The summed E-state index contributed by atoms with van der Waals surface area (Å²) in [6.07, 6.45) is 7.00. The summed E-state index contributed by atoms with van der Waals surface area (Å²) in [4.78, 5) is 26.0. The number of hydrogen-bond donors (Lipinski definition) is 5. The van der Waals surface area contributed by atoms with E-state index in [9.17, 15) is 9.59 Å². The van der Waals surface area contributed by atoms with E-state index in [1.165, 1.54) is 6.21 Å². The summed E-state index contributed by atoms with van der Waals surface area (Å²) in [7, 11) is 0. The van der Waals surface area contributed by atoms with Crippen molar-refractivity contribution in [2.75, 3.05) is 13.1 Å². The number of oxime groups is 2. The maximum atomic E-state index is 11.4. The molecule has 15 nitrogen and oxygen atoms in total. The second-order valence-corrected chi connectivity index (χ2v) is 5.25. The molecule has 0 aliphatic carbocycles. The van der Waals surface area contributed by atoms with E-state index >= 15 is 0 Å². The molecule has 1 aromatic rings. The van der Waals surface area contributed by atoms with Gasteiger partial charge in [-0.2, -0.15) is 15.3 Å². The molecule has 0 spiro atoms. The van der Waals surface area contributed by atoms with Crippen molar-refractivity contribution < 1.29 is 20.0 Å². The normalized spacial score (nSPS) is 17.0. The van der Waals surface area contributed by atoms with Crippen LogP contribution in [0.25, 0.3) is 0 Å². The number of urea groups is 2. The number of nitrogens with two attached hydrogens (primary N) is 1. The zero-order chi connectivity index (χ0) is 21.1. The molecule has 0 aromatic carbocycles. The second-order valence-electron chi connectivity index (χ2n) is 5.25. The van der Waals surface area contributed by atoms with Gasteiger partial charge in [-0.05, 0) is 6.07 Å². The monoisotopic (exact) mass is 403 g/mol. The molecule has 0 saturated carbocycles. The minimum absolute atomic E-state index is 0.132. The molecule has 0 bridgehead atoms. The lowest BCUT2D eigenvalue weighted by Gasteiger charge is -2.19. The number of hydrogen-bond acceptors (Lipinski definition) is 11. The number of carbonyl (C=O) groups excluding carboxylic acids is 2. The Balaban J connectivity index is 0.000000234. The SMILES string of the molecule is NN1CC(/C=N/O)=NNC1=O.O=C1NN=C(/C=N/O)CN1/N=C/c1cccnc1. The number of hydrazone groups is 3. The summed E-state index contributed by atoms with van der Waals surface area (Å²) >= 11 is 0. The van der Waals surface area contributed by atoms with Gasteiger partial charge in [0.05, 0.1) is 31.7 Å². The fraction of sp³-hybridized carbons (Fsp3) is 0.143. The Labute approximate surface area is 163 Å². The van der Waals surface area contributed by atoms with Gasteiger partial charge in [-0.1, -0.05) is 16.4 Å². The fourth-order valence-electron chi connectivity index (χ4n) is 1.86. The molecule has 3 heterocycles. The van der Waals surface area contributed by atoms with E-state index in [2.05, 4.69) is 41.5 Å². The van der Waals surface area contributed by atoms with Gasteiger partial charge in [-0.25, -0.2) is 31.3 Å². The standard InChI is InChI=1S/C10H10N6O2.C4H7N5O2/c17-10-15-14-9(6-13-18)7-16(10)12-5-8-2-1-3-11-4-8;5-9-2-3(1-6-11)7-8-4(9)10/h1-6,18H,7H2,(H,15,17);1,11H,2,5H2,(H,8,10)/b12-5+,13-6+;6-1+. The molecule has 2 aliphatic rings. The fourth-order valence-corrected chi connectivity index (χ4v) is 1.86. The van der Waals surface area contributed by atoms with Crippen molar-refractivity contribution in [2.45, 2.75) is 0 Å². The lowest BCUT2D eigenvalue weighted by Crippen LogP contribution is -2.50. The molecule has 0 saturated heterocycles. The van der Waals surface area contributed by atoms with E-state index in [0.29, 0.717) is 11.4 Å². The third-order valence-electron chi connectivity index (χ3n) is 3.17. The van der Waals surface area contributed by atoms with Gasteiger partial charge in [-0.3, -0.25) is 9.99 Å². The highest BCUT2D eigenvalue weighted by Gasteiger charge is 2.19. The van der Waals surface area contributed by atoms with E-state index in [1.54, 1.807) is 18.5 Å². The molecule has 2 aliphatic heterocycles. The molecule has 1 aromatic heterocycles. The molecule has 3 rings (SSSR count). The lowest BCUT2D eigenvalue weighted by atomic mass is 10.3. The van der Waals surface area contributed by atoms with Gasteiger partial charge in [0.25, 0.3) is 0 Å². The third-order valence-corrected chi connectivity index (χ3v) is 3.17. The van der Waals surface area contributed by atoms with Gasteiger partial charge in [0.2, 0.25) is 0 Å². The molecule has 6 N–H and O–H groups in total. The van der Waals surface area contributed by atoms with Crippen LogP contribution >= 0.6 is 0 Å². The van der Waals surface area contributed by atoms with E-state index in [0.717, 1.165) is 28.0 Å². The number of hydrazine groups is 1. The number of carbonyl (C=O) groups is 2. The molecule has 0 fully saturated rings. The minimum atomic E-state index is -0.486. The summed E-state index contributed by atoms with van der Waals surface area (Å²) in [6.45, 7) is 0.266. The van der Waals surface area contributed by atoms with E-state index in [4.69, 9.17) is 16.3 Å². The minimum Gasteiger partial charge on any atom is -0.411 e. The predicted molar refractivity (Wildman–Crippen MR) is 102 cm³/mol. The first-order valence-electron chi connectivity index (χ1n) is 7.85. The highest BCUT2D eigenvalue weighted by Crippen LogP contribution is 1.99. The Morgan fingerprint density at radius 3 is 2.28 bits per heavy atom. The van der Waals surface area contributed by atoms with Crippen molar-refractivity contribution in [3.8, 4) is 0 Å². The van der Waals surface area contributed by atoms with Gasteiger partial charge in [0, 0.05) is 18.0 Å². The van der Waals surface area contributed by atoms with Crippen LogP contribution < -0.4 is 16.7 Å². The number of nitrogens with zero attached hydrogens (tertiary/aromatic N) is 8. The highest BCUT2D eigenvalue weighted by atomic mass is 16.4. The van der Waals surface area contributed by atoms with E-state index < -0.39 is 12.1 Å². The molecule has 0 radical (unpaired) electrons. The smallest absolute Gasteiger partial charge is 0.358 e. The first kappa shape index (κ1) is 20.9. The van der Waals surface area contributed by atoms with Gasteiger partial charge in [-0.15, -0.1) is 0 Å². The average molecular weight is 403 g/mol. The van der Waals surface area contributed by atoms with Crippen LogP contribution in [0.15, 0.2) is 50.1 Å². The van der Waals surface area contributed by atoms with Crippen molar-refractivity contribution in [3.05, 3.63) is 30.1 Å². The van der Waals surface area contributed by atoms with Crippen LogP contribution in [0.1, 0.15) is 5.56 Å². The van der Waals surface area contributed by atoms with Crippen LogP contribution in [0.5, 0.6) is 0 Å².